The zero-order valence-electron chi connectivity index (χ0n) is 14.7. The van der Waals surface area contributed by atoms with Crippen LogP contribution >= 0.6 is 0 Å². The van der Waals surface area contributed by atoms with Crippen LogP contribution in [0.5, 0.6) is 0 Å². The highest BCUT2D eigenvalue weighted by atomic mass is 16.2. The van der Waals surface area contributed by atoms with Crippen LogP contribution in [0.25, 0.3) is 0 Å². The van der Waals surface area contributed by atoms with Gasteiger partial charge < -0.3 is 10.2 Å². The van der Waals surface area contributed by atoms with Gasteiger partial charge in [0.15, 0.2) is 5.69 Å². The van der Waals surface area contributed by atoms with Crippen molar-refractivity contribution in [1.29, 1.82) is 0 Å². The van der Waals surface area contributed by atoms with E-state index < -0.39 is 0 Å². The predicted octanol–water partition coefficient (Wildman–Crippen LogP) is 0.0313. The number of amides is 2. The Balaban J connectivity index is 1.52. The second-order valence-corrected chi connectivity index (χ2v) is 6.67. The molecule has 0 radical (unpaired) electrons. The molecule has 8 heteroatoms. The maximum atomic E-state index is 12.4. The number of carbonyl (C=O) groups excluding carboxylic acids is 2. The molecule has 1 aromatic heterocycles. The third-order valence-electron chi connectivity index (χ3n) is 5.03. The lowest BCUT2D eigenvalue weighted by atomic mass is 10.0. The molecule has 24 heavy (non-hydrogen) atoms. The van der Waals surface area contributed by atoms with Gasteiger partial charge in [-0.3, -0.25) is 14.5 Å². The van der Waals surface area contributed by atoms with E-state index >= 15 is 0 Å². The number of piperidine rings is 1. The molecule has 2 amide bonds. The summed E-state index contributed by atoms with van der Waals surface area (Å²) in [6.45, 7) is 6.92. The number of likely N-dealkylation sites (N-methyl/N-ethyl adjacent to an activating group) is 1. The summed E-state index contributed by atoms with van der Waals surface area (Å²) in [6, 6.07) is 0.160. The first-order chi connectivity index (χ1) is 11.5. The van der Waals surface area contributed by atoms with Crippen LogP contribution in [0.2, 0.25) is 0 Å². The van der Waals surface area contributed by atoms with E-state index in [9.17, 15) is 9.59 Å². The van der Waals surface area contributed by atoms with Crippen molar-refractivity contribution in [2.24, 2.45) is 0 Å². The highest BCUT2D eigenvalue weighted by molar-refractivity contribution is 5.93. The minimum atomic E-state index is -0.151. The Labute approximate surface area is 142 Å². The molecule has 2 aliphatic rings. The Bertz CT molecular complexity index is 620. The third kappa shape index (κ3) is 3.28. The second kappa shape index (κ2) is 6.88. The van der Waals surface area contributed by atoms with Gasteiger partial charge in [-0.05, 0) is 33.1 Å². The van der Waals surface area contributed by atoms with Gasteiger partial charge in [0.1, 0.15) is 0 Å². The highest BCUT2D eigenvalue weighted by Crippen LogP contribution is 2.21. The molecule has 2 saturated heterocycles. The molecule has 0 aliphatic carbocycles. The minimum absolute atomic E-state index is 0.0262. The molecule has 3 rings (SSSR count). The van der Waals surface area contributed by atoms with E-state index in [1.54, 1.807) is 11.8 Å². The summed E-state index contributed by atoms with van der Waals surface area (Å²) in [5, 5.41) is 11.5. The van der Waals surface area contributed by atoms with E-state index in [-0.39, 0.29) is 23.9 Å². The fourth-order valence-electron chi connectivity index (χ4n) is 3.53. The van der Waals surface area contributed by atoms with Crippen molar-refractivity contribution in [2.75, 3.05) is 26.7 Å². The van der Waals surface area contributed by atoms with E-state index in [0.717, 1.165) is 38.9 Å². The lowest BCUT2D eigenvalue weighted by Gasteiger charge is -2.35. The van der Waals surface area contributed by atoms with Crippen LogP contribution in [-0.4, -0.2) is 75.4 Å². The quantitative estimate of drug-likeness (QED) is 0.840. The molecular weight excluding hydrogens is 308 g/mol. The molecule has 8 nitrogen and oxygen atoms in total. The van der Waals surface area contributed by atoms with E-state index in [4.69, 9.17) is 0 Å². The number of nitrogens with zero attached hydrogens (tertiary/aromatic N) is 5. The van der Waals surface area contributed by atoms with Crippen molar-refractivity contribution in [3.8, 4) is 0 Å². The Kier molecular flexibility index (Phi) is 4.84. The maximum Gasteiger partial charge on any atom is 0.273 e. The molecule has 0 saturated carbocycles. The normalized spacial score (nSPS) is 23.0. The van der Waals surface area contributed by atoms with Crippen molar-refractivity contribution < 1.29 is 9.59 Å². The molecule has 1 N–H and O–H groups in total. The Morgan fingerprint density at radius 2 is 1.92 bits per heavy atom. The molecule has 3 heterocycles. The summed E-state index contributed by atoms with van der Waals surface area (Å²) >= 11 is 0. The Morgan fingerprint density at radius 1 is 1.21 bits per heavy atom. The van der Waals surface area contributed by atoms with Crippen LogP contribution in [0.15, 0.2) is 0 Å². The number of nitrogens with one attached hydrogen (secondary N) is 1. The Morgan fingerprint density at radius 3 is 2.46 bits per heavy atom. The van der Waals surface area contributed by atoms with Crippen LogP contribution in [0.4, 0.5) is 0 Å². The molecule has 2 aliphatic heterocycles. The van der Waals surface area contributed by atoms with Crippen LogP contribution in [0.1, 0.15) is 42.4 Å². The lowest BCUT2D eigenvalue weighted by Crippen LogP contribution is -2.50. The molecule has 2 fully saturated rings. The average Bonchev–Trinajstić information content (AvgIpc) is 3.12. The van der Waals surface area contributed by atoms with Crippen LogP contribution in [0.3, 0.4) is 0 Å². The summed E-state index contributed by atoms with van der Waals surface area (Å²) in [4.78, 5) is 30.1. The summed E-state index contributed by atoms with van der Waals surface area (Å²) in [7, 11) is 1.86. The van der Waals surface area contributed by atoms with Crippen LogP contribution < -0.4 is 5.32 Å². The van der Waals surface area contributed by atoms with Gasteiger partial charge in [-0.1, -0.05) is 0 Å². The number of hydrogen-bond acceptors (Lipinski definition) is 5. The van der Waals surface area contributed by atoms with Crippen molar-refractivity contribution in [2.45, 2.75) is 51.7 Å². The van der Waals surface area contributed by atoms with Gasteiger partial charge in [-0.25, -0.2) is 0 Å². The fraction of sp³-hybridized carbons (Fsp3) is 0.750. The smallest absolute Gasteiger partial charge is 0.273 e. The largest absolute Gasteiger partial charge is 0.348 e. The van der Waals surface area contributed by atoms with Crippen LogP contribution in [0, 0.1) is 6.92 Å². The number of hydrogen-bond donors (Lipinski definition) is 1. The molecule has 1 unspecified atom stereocenters. The summed E-state index contributed by atoms with van der Waals surface area (Å²) in [5.41, 5.74) is 1.07. The first-order valence-corrected chi connectivity index (χ1v) is 8.71. The van der Waals surface area contributed by atoms with Gasteiger partial charge in [-0.2, -0.15) is 9.90 Å². The van der Waals surface area contributed by atoms with Gasteiger partial charge >= 0.3 is 0 Å². The number of rotatable bonds is 4. The first kappa shape index (κ1) is 16.9. The van der Waals surface area contributed by atoms with Crippen molar-refractivity contribution in [3.63, 3.8) is 0 Å². The number of carbonyl (C=O) groups is 2. The number of aryl methyl sites for hydroxylation is 2. The summed E-state index contributed by atoms with van der Waals surface area (Å²) in [6.07, 6.45) is 2.63. The van der Waals surface area contributed by atoms with Crippen molar-refractivity contribution in [3.05, 3.63) is 11.4 Å². The lowest BCUT2D eigenvalue weighted by molar-refractivity contribution is -0.131. The maximum absolute atomic E-state index is 12.4. The van der Waals surface area contributed by atoms with Gasteiger partial charge in [0.2, 0.25) is 5.91 Å². The number of aromatic nitrogens is 3. The zero-order valence-corrected chi connectivity index (χ0v) is 14.7. The van der Waals surface area contributed by atoms with Gasteiger partial charge in [0.25, 0.3) is 5.91 Å². The monoisotopic (exact) mass is 334 g/mol. The minimum Gasteiger partial charge on any atom is -0.348 e. The first-order valence-electron chi connectivity index (χ1n) is 8.71. The van der Waals surface area contributed by atoms with Gasteiger partial charge in [-0.15, -0.1) is 5.10 Å². The molecule has 1 aromatic rings. The molecular formula is C16H26N6O2. The van der Waals surface area contributed by atoms with E-state index in [1.165, 1.54) is 4.80 Å². The number of likely N-dealkylation sites (tertiary alicyclic amines) is 2. The standard InChI is InChI=1S/C16H26N6O2/c1-4-22-18-11(2)14(19-22)15(23)17-12-5-9-21(10-6-12)13-7-8-20(3)16(13)24/h12-13H,4-10H2,1-3H3,(H,17,23). The molecule has 0 spiro atoms. The van der Waals surface area contributed by atoms with Crippen molar-refractivity contribution in [1.82, 2.24) is 30.1 Å². The van der Waals surface area contributed by atoms with Gasteiger partial charge in [0, 0.05) is 32.7 Å². The summed E-state index contributed by atoms with van der Waals surface area (Å²) < 4.78 is 0. The molecule has 1 atom stereocenters. The topological polar surface area (TPSA) is 83.4 Å². The predicted molar refractivity (Wildman–Crippen MR) is 88.5 cm³/mol. The fourth-order valence-corrected chi connectivity index (χ4v) is 3.53. The summed E-state index contributed by atoms with van der Waals surface area (Å²) in [5.74, 6) is 0.0756. The van der Waals surface area contributed by atoms with Crippen LogP contribution in [-0.2, 0) is 11.3 Å². The molecule has 0 aromatic carbocycles. The highest BCUT2D eigenvalue weighted by Gasteiger charge is 2.36. The second-order valence-electron chi connectivity index (χ2n) is 6.67. The average molecular weight is 334 g/mol. The SMILES string of the molecule is CCn1nc(C)c(C(=O)NC2CCN(C3CCN(C)C3=O)CC2)n1. The zero-order chi connectivity index (χ0) is 17.3. The van der Waals surface area contributed by atoms with E-state index in [1.807, 2.05) is 14.0 Å². The Hall–Kier alpha value is -1.96. The molecule has 132 valence electrons. The third-order valence-corrected chi connectivity index (χ3v) is 5.03. The molecule has 0 bridgehead atoms. The van der Waals surface area contributed by atoms with E-state index in [0.29, 0.717) is 17.9 Å². The van der Waals surface area contributed by atoms with Crippen molar-refractivity contribution >= 4 is 11.8 Å². The van der Waals surface area contributed by atoms with Gasteiger partial charge in [0.05, 0.1) is 18.3 Å². The van der Waals surface area contributed by atoms with E-state index in [2.05, 4.69) is 20.4 Å².